The lowest BCUT2D eigenvalue weighted by molar-refractivity contribution is 0.298. The third-order valence-corrected chi connectivity index (χ3v) is 3.69. The number of unbranched alkanes of at least 4 members (excludes halogenated alkanes) is 1. The molecular weight excluding hydrogens is 248 g/mol. The molecule has 0 amide bonds. The Kier molecular flexibility index (Phi) is 5.66. The van der Waals surface area contributed by atoms with Crippen LogP contribution in [0.1, 0.15) is 44.6 Å². The van der Waals surface area contributed by atoms with Crippen molar-refractivity contribution in [2.24, 2.45) is 0 Å². The first-order valence-electron chi connectivity index (χ1n) is 7.48. The highest BCUT2D eigenvalue weighted by atomic mass is 16.5. The van der Waals surface area contributed by atoms with Gasteiger partial charge in [-0.15, -0.1) is 0 Å². The molecule has 2 rings (SSSR count). The van der Waals surface area contributed by atoms with Crippen LogP contribution in [0.3, 0.4) is 0 Å². The van der Waals surface area contributed by atoms with Gasteiger partial charge in [0.25, 0.3) is 0 Å². The van der Waals surface area contributed by atoms with Gasteiger partial charge in [0.05, 0.1) is 12.9 Å². The molecule has 0 aliphatic rings. The summed E-state index contributed by atoms with van der Waals surface area (Å²) < 4.78 is 8.06. The zero-order valence-electron chi connectivity index (χ0n) is 12.5. The molecule has 0 fully saturated rings. The number of para-hydroxylation sites is 1. The lowest BCUT2D eigenvalue weighted by Gasteiger charge is -2.15. The predicted octanol–water partition coefficient (Wildman–Crippen LogP) is 4.26. The molecule has 3 heteroatoms. The van der Waals surface area contributed by atoms with Gasteiger partial charge in [-0.2, -0.15) is 0 Å². The summed E-state index contributed by atoms with van der Waals surface area (Å²) >= 11 is 0. The molecule has 108 valence electrons. The van der Waals surface area contributed by atoms with Crippen LogP contribution in [0.5, 0.6) is 5.75 Å². The number of ether oxygens (including phenoxy) is 1. The molecule has 0 saturated heterocycles. The van der Waals surface area contributed by atoms with E-state index >= 15 is 0 Å². The summed E-state index contributed by atoms with van der Waals surface area (Å²) in [6, 6.07) is 8.40. The fraction of sp³-hybridized carbons (Fsp3) is 0.471. The van der Waals surface area contributed by atoms with Crippen molar-refractivity contribution in [2.45, 2.75) is 45.6 Å². The van der Waals surface area contributed by atoms with Gasteiger partial charge in [-0.25, -0.2) is 4.98 Å². The van der Waals surface area contributed by atoms with Crippen LogP contribution in [0.15, 0.2) is 43.0 Å². The van der Waals surface area contributed by atoms with E-state index in [-0.39, 0.29) is 0 Å². The molecule has 0 N–H and O–H groups in total. The van der Waals surface area contributed by atoms with Crippen LogP contribution in [0.2, 0.25) is 0 Å². The minimum Gasteiger partial charge on any atom is -0.493 e. The first-order chi connectivity index (χ1) is 9.81. The minimum atomic E-state index is 0.553. The van der Waals surface area contributed by atoms with E-state index in [4.69, 9.17) is 4.74 Å². The van der Waals surface area contributed by atoms with Crippen molar-refractivity contribution in [3.8, 4) is 5.75 Å². The Morgan fingerprint density at radius 1 is 1.25 bits per heavy atom. The minimum absolute atomic E-state index is 0.553. The summed E-state index contributed by atoms with van der Waals surface area (Å²) in [6.45, 7) is 6.26. The molecule has 1 aromatic heterocycles. The average molecular weight is 272 g/mol. The van der Waals surface area contributed by atoms with E-state index < -0.39 is 0 Å². The van der Waals surface area contributed by atoms with E-state index in [9.17, 15) is 0 Å². The molecule has 0 saturated carbocycles. The van der Waals surface area contributed by atoms with E-state index in [2.05, 4.69) is 41.6 Å². The third kappa shape index (κ3) is 4.12. The Labute approximate surface area is 121 Å². The number of benzene rings is 1. The molecule has 0 aliphatic heterocycles. The fourth-order valence-electron chi connectivity index (χ4n) is 2.24. The molecule has 1 heterocycles. The normalized spacial score (nSPS) is 12.3. The molecule has 0 spiro atoms. The van der Waals surface area contributed by atoms with Crippen molar-refractivity contribution < 1.29 is 4.74 Å². The van der Waals surface area contributed by atoms with Gasteiger partial charge >= 0.3 is 0 Å². The van der Waals surface area contributed by atoms with Gasteiger partial charge in [0, 0.05) is 18.9 Å². The van der Waals surface area contributed by atoms with Gasteiger partial charge in [0.2, 0.25) is 0 Å². The number of hydrogen-bond donors (Lipinski definition) is 0. The van der Waals surface area contributed by atoms with E-state index in [0.29, 0.717) is 5.92 Å². The SMILES string of the molecule is CC[C@@H](C)c1ccccc1OCCCCn1ccnc1. The smallest absolute Gasteiger partial charge is 0.122 e. The monoisotopic (exact) mass is 272 g/mol. The van der Waals surface area contributed by atoms with E-state index in [1.165, 1.54) is 5.56 Å². The molecule has 1 atom stereocenters. The van der Waals surface area contributed by atoms with Crippen LogP contribution < -0.4 is 4.74 Å². The Hall–Kier alpha value is -1.77. The van der Waals surface area contributed by atoms with Gasteiger partial charge in [-0.05, 0) is 36.8 Å². The third-order valence-electron chi connectivity index (χ3n) is 3.69. The zero-order chi connectivity index (χ0) is 14.2. The second-order valence-corrected chi connectivity index (χ2v) is 5.20. The highest BCUT2D eigenvalue weighted by Crippen LogP contribution is 2.28. The number of imidazole rings is 1. The maximum atomic E-state index is 5.95. The van der Waals surface area contributed by atoms with Crippen LogP contribution in [-0.2, 0) is 6.54 Å². The van der Waals surface area contributed by atoms with Crippen LogP contribution in [-0.4, -0.2) is 16.2 Å². The van der Waals surface area contributed by atoms with Crippen molar-refractivity contribution >= 4 is 0 Å². The van der Waals surface area contributed by atoms with Crippen molar-refractivity contribution in [3.63, 3.8) is 0 Å². The average Bonchev–Trinajstić information content (AvgIpc) is 3.00. The maximum Gasteiger partial charge on any atom is 0.122 e. The van der Waals surface area contributed by atoms with Crippen LogP contribution in [0, 0.1) is 0 Å². The highest BCUT2D eigenvalue weighted by molar-refractivity contribution is 5.35. The molecule has 0 unspecified atom stereocenters. The van der Waals surface area contributed by atoms with Gasteiger partial charge in [-0.3, -0.25) is 0 Å². The second kappa shape index (κ2) is 7.73. The Bertz CT molecular complexity index is 493. The lowest BCUT2D eigenvalue weighted by atomic mass is 9.98. The quantitative estimate of drug-likeness (QED) is 0.671. The summed E-state index contributed by atoms with van der Waals surface area (Å²) in [4.78, 5) is 4.04. The highest BCUT2D eigenvalue weighted by Gasteiger charge is 2.08. The first-order valence-corrected chi connectivity index (χ1v) is 7.48. The largest absolute Gasteiger partial charge is 0.493 e. The van der Waals surface area contributed by atoms with Crippen LogP contribution in [0.25, 0.3) is 0 Å². The van der Waals surface area contributed by atoms with Gasteiger partial charge in [-0.1, -0.05) is 32.0 Å². The van der Waals surface area contributed by atoms with E-state index in [0.717, 1.165) is 38.2 Å². The Balaban J connectivity index is 1.76. The predicted molar refractivity (Wildman–Crippen MR) is 82.1 cm³/mol. The summed E-state index contributed by atoms with van der Waals surface area (Å²) in [5.41, 5.74) is 1.32. The summed E-state index contributed by atoms with van der Waals surface area (Å²) in [5.74, 6) is 1.60. The van der Waals surface area contributed by atoms with Gasteiger partial charge in [0.15, 0.2) is 0 Å². The second-order valence-electron chi connectivity index (χ2n) is 5.20. The number of aryl methyl sites for hydroxylation is 1. The number of hydrogen-bond acceptors (Lipinski definition) is 2. The van der Waals surface area contributed by atoms with Gasteiger partial charge < -0.3 is 9.30 Å². The molecule has 2 aromatic rings. The zero-order valence-corrected chi connectivity index (χ0v) is 12.5. The standard InChI is InChI=1S/C17H24N2O/c1-3-15(2)16-8-4-5-9-17(16)20-13-7-6-11-19-12-10-18-14-19/h4-5,8-10,12,14-15H,3,6-7,11,13H2,1-2H3/t15-/m1/s1. The van der Waals surface area contributed by atoms with Crippen LogP contribution >= 0.6 is 0 Å². The van der Waals surface area contributed by atoms with E-state index in [1.807, 2.05) is 24.8 Å². The molecule has 1 aromatic carbocycles. The molecule has 20 heavy (non-hydrogen) atoms. The number of aromatic nitrogens is 2. The maximum absolute atomic E-state index is 5.95. The number of nitrogens with zero attached hydrogens (tertiary/aromatic N) is 2. The van der Waals surface area contributed by atoms with Crippen molar-refractivity contribution in [1.82, 2.24) is 9.55 Å². The topological polar surface area (TPSA) is 27.1 Å². The summed E-state index contributed by atoms with van der Waals surface area (Å²) in [7, 11) is 0. The first kappa shape index (κ1) is 14.6. The van der Waals surface area contributed by atoms with E-state index in [1.54, 1.807) is 0 Å². The van der Waals surface area contributed by atoms with Crippen molar-refractivity contribution in [3.05, 3.63) is 48.5 Å². The lowest BCUT2D eigenvalue weighted by Crippen LogP contribution is -2.03. The molecule has 0 bridgehead atoms. The Morgan fingerprint density at radius 3 is 2.85 bits per heavy atom. The van der Waals surface area contributed by atoms with Gasteiger partial charge in [0.1, 0.15) is 5.75 Å². The van der Waals surface area contributed by atoms with Crippen molar-refractivity contribution in [1.29, 1.82) is 0 Å². The molecule has 3 nitrogen and oxygen atoms in total. The Morgan fingerprint density at radius 2 is 2.10 bits per heavy atom. The molecule has 0 aliphatic carbocycles. The summed E-state index contributed by atoms with van der Waals surface area (Å²) in [5, 5.41) is 0. The van der Waals surface area contributed by atoms with Crippen LogP contribution in [0.4, 0.5) is 0 Å². The molecular formula is C17H24N2O. The van der Waals surface area contributed by atoms with Crippen molar-refractivity contribution in [2.75, 3.05) is 6.61 Å². The fourth-order valence-corrected chi connectivity index (χ4v) is 2.24. The number of rotatable bonds is 8. The summed E-state index contributed by atoms with van der Waals surface area (Å²) in [6.07, 6.45) is 8.99. The molecule has 0 radical (unpaired) electrons.